The number of benzene rings is 2. The molecule has 5 unspecified atom stereocenters. The van der Waals surface area contributed by atoms with Crippen LogP contribution < -0.4 is 9.47 Å². The number of carbonyl (C=O) groups excluding carboxylic acids is 1. The van der Waals surface area contributed by atoms with Gasteiger partial charge in [0.2, 0.25) is 5.60 Å². The first kappa shape index (κ1) is 14.6. The number of ether oxygens (including phenoxy) is 4. The lowest BCUT2D eigenvalue weighted by Gasteiger charge is -2.45. The Bertz CT molecular complexity index is 1050. The summed E-state index contributed by atoms with van der Waals surface area (Å²) in [6.45, 7) is 0. The van der Waals surface area contributed by atoms with Gasteiger partial charge in [-0.15, -0.1) is 0 Å². The van der Waals surface area contributed by atoms with Crippen LogP contribution in [0.5, 0.6) is 11.5 Å². The highest BCUT2D eigenvalue weighted by Crippen LogP contribution is 2.71. The average molecular weight is 366 g/mol. The van der Waals surface area contributed by atoms with Crippen LogP contribution in [0.4, 0.5) is 0 Å². The summed E-state index contributed by atoms with van der Waals surface area (Å²) in [6.07, 6.45) is -1.05. The number of carbonyl (C=O) groups is 1. The minimum absolute atomic E-state index is 0.410. The predicted molar refractivity (Wildman–Crippen MR) is 89.3 cm³/mol. The summed E-state index contributed by atoms with van der Waals surface area (Å²) < 4.78 is 24.2. The molecule has 6 atom stereocenters. The second-order valence-electron chi connectivity index (χ2n) is 7.69. The molecule has 136 valence electrons. The standard InChI is InChI=1S/C20H14O7/c21-12-7-8-13(22)19-18(12,27-19)16(23)15-17(24-15)20(19)25-10-5-1-3-9-4-2-6-11(26-20)14(9)10/h1-8,12,15-17,21,23H/t12?,15?,16-,17?,18?,19?/m0/s1. The Balaban J connectivity index is 1.50. The van der Waals surface area contributed by atoms with Crippen molar-refractivity contribution in [2.24, 2.45) is 0 Å². The third kappa shape index (κ3) is 1.28. The molecule has 3 fully saturated rings. The van der Waals surface area contributed by atoms with Crippen LogP contribution in [0.25, 0.3) is 10.8 Å². The minimum atomic E-state index is -1.67. The van der Waals surface area contributed by atoms with Crippen LogP contribution in [-0.2, 0) is 14.3 Å². The highest BCUT2D eigenvalue weighted by molar-refractivity contribution is 6.05. The molecule has 0 aromatic heterocycles. The van der Waals surface area contributed by atoms with Crippen molar-refractivity contribution >= 4 is 16.6 Å². The molecule has 7 heteroatoms. The highest BCUT2D eigenvalue weighted by Gasteiger charge is 2.99. The van der Waals surface area contributed by atoms with Crippen LogP contribution in [0, 0.1) is 0 Å². The second kappa shape index (κ2) is 4.02. The molecule has 2 aliphatic carbocycles. The SMILES string of the molecule is O=C1C=CC(O)C23OC12C1(Oc2cccc4cccc(c24)O1)C1OC1[C@@H]3O. The molecular formula is C20H14O7. The van der Waals surface area contributed by atoms with Crippen molar-refractivity contribution in [3.63, 3.8) is 0 Å². The first-order chi connectivity index (χ1) is 13.1. The van der Waals surface area contributed by atoms with Gasteiger partial charge in [0.25, 0.3) is 0 Å². The summed E-state index contributed by atoms with van der Waals surface area (Å²) in [6, 6.07) is 11.2. The number of ketones is 1. The van der Waals surface area contributed by atoms with Gasteiger partial charge in [-0.3, -0.25) is 4.79 Å². The van der Waals surface area contributed by atoms with Crippen LogP contribution in [0.3, 0.4) is 0 Å². The van der Waals surface area contributed by atoms with Crippen molar-refractivity contribution in [1.29, 1.82) is 0 Å². The number of rotatable bonds is 0. The van der Waals surface area contributed by atoms with E-state index in [2.05, 4.69) is 0 Å². The van der Waals surface area contributed by atoms with Gasteiger partial charge in [-0.2, -0.15) is 0 Å². The molecule has 0 amide bonds. The molecule has 27 heavy (non-hydrogen) atoms. The second-order valence-corrected chi connectivity index (χ2v) is 7.69. The van der Waals surface area contributed by atoms with E-state index in [0.717, 1.165) is 10.8 Å². The number of fused-ring (bicyclic) bond motifs is 2. The molecule has 2 aromatic rings. The summed E-state index contributed by atoms with van der Waals surface area (Å²) in [5, 5.41) is 23.1. The maximum absolute atomic E-state index is 13.0. The Kier molecular flexibility index (Phi) is 2.17. The summed E-state index contributed by atoms with van der Waals surface area (Å²) in [5.41, 5.74) is -3.20. The van der Waals surface area contributed by atoms with Crippen molar-refractivity contribution in [3.8, 4) is 11.5 Å². The van der Waals surface area contributed by atoms with E-state index in [1.54, 1.807) is 12.1 Å². The van der Waals surface area contributed by atoms with Gasteiger partial charge < -0.3 is 29.2 Å². The topological polar surface area (TPSA) is 101 Å². The van der Waals surface area contributed by atoms with Crippen LogP contribution in [0.1, 0.15) is 0 Å². The molecule has 7 nitrogen and oxygen atoms in total. The van der Waals surface area contributed by atoms with E-state index in [-0.39, 0.29) is 0 Å². The van der Waals surface area contributed by atoms with Crippen LogP contribution in [0.15, 0.2) is 48.6 Å². The summed E-state index contributed by atoms with van der Waals surface area (Å²) in [5.74, 6) is -0.916. The monoisotopic (exact) mass is 366 g/mol. The number of hydrogen-bond donors (Lipinski definition) is 2. The quantitative estimate of drug-likeness (QED) is 0.653. The smallest absolute Gasteiger partial charge is 0.320 e. The largest absolute Gasteiger partial charge is 0.446 e. The zero-order chi connectivity index (χ0) is 18.2. The van der Waals surface area contributed by atoms with Gasteiger partial charge in [0.15, 0.2) is 17.5 Å². The Morgan fingerprint density at radius 3 is 2.41 bits per heavy atom. The van der Waals surface area contributed by atoms with Gasteiger partial charge in [0.1, 0.15) is 29.8 Å². The Labute approximate surface area is 152 Å². The van der Waals surface area contributed by atoms with Crippen molar-refractivity contribution in [2.45, 2.75) is 41.4 Å². The van der Waals surface area contributed by atoms with Crippen LogP contribution >= 0.6 is 0 Å². The van der Waals surface area contributed by atoms with Crippen molar-refractivity contribution < 1.29 is 34.0 Å². The fourth-order valence-corrected chi connectivity index (χ4v) is 5.30. The molecule has 7 rings (SSSR count). The van der Waals surface area contributed by atoms with E-state index in [1.165, 1.54) is 12.2 Å². The number of hydrogen-bond acceptors (Lipinski definition) is 7. The third-order valence-corrected chi connectivity index (χ3v) is 6.54. The Morgan fingerprint density at radius 2 is 1.70 bits per heavy atom. The van der Waals surface area contributed by atoms with Gasteiger partial charge in [-0.05, 0) is 29.7 Å². The fraction of sp³-hybridized carbons (Fsp3) is 0.350. The van der Waals surface area contributed by atoms with E-state index in [4.69, 9.17) is 18.9 Å². The Morgan fingerprint density at radius 1 is 1.00 bits per heavy atom. The molecule has 1 saturated carbocycles. The van der Waals surface area contributed by atoms with E-state index in [9.17, 15) is 15.0 Å². The molecule has 2 aromatic carbocycles. The van der Waals surface area contributed by atoms with Gasteiger partial charge in [0.05, 0.1) is 5.39 Å². The normalized spacial score (nSPS) is 44.0. The zero-order valence-corrected chi connectivity index (χ0v) is 13.9. The maximum Gasteiger partial charge on any atom is 0.320 e. The molecule has 0 bridgehead atoms. The van der Waals surface area contributed by atoms with Gasteiger partial charge in [-0.1, -0.05) is 24.3 Å². The molecule has 2 N–H and O–H groups in total. The van der Waals surface area contributed by atoms with Crippen LogP contribution in [0.2, 0.25) is 0 Å². The van der Waals surface area contributed by atoms with E-state index >= 15 is 0 Å². The lowest BCUT2D eigenvalue weighted by atomic mass is 9.66. The molecule has 3 aliphatic heterocycles. The summed E-state index contributed by atoms with van der Waals surface area (Å²) in [4.78, 5) is 13.0. The molecular weight excluding hydrogens is 352 g/mol. The van der Waals surface area contributed by atoms with Gasteiger partial charge >= 0.3 is 5.79 Å². The molecule has 5 aliphatic rings. The van der Waals surface area contributed by atoms with Crippen molar-refractivity contribution in [2.75, 3.05) is 0 Å². The zero-order valence-electron chi connectivity index (χ0n) is 13.9. The summed E-state index contributed by atoms with van der Waals surface area (Å²) in [7, 11) is 0. The molecule has 2 saturated heterocycles. The predicted octanol–water partition coefficient (Wildman–Crippen LogP) is 0.457. The Hall–Kier alpha value is -2.45. The average Bonchev–Trinajstić information content (AvgIpc) is 3.57. The first-order valence-corrected chi connectivity index (χ1v) is 8.89. The maximum atomic E-state index is 13.0. The highest BCUT2D eigenvalue weighted by atomic mass is 16.8. The minimum Gasteiger partial charge on any atom is -0.446 e. The third-order valence-electron chi connectivity index (χ3n) is 6.54. The van der Waals surface area contributed by atoms with E-state index in [1.807, 2.05) is 24.3 Å². The van der Waals surface area contributed by atoms with E-state index in [0.29, 0.717) is 11.5 Å². The molecule has 3 heterocycles. The van der Waals surface area contributed by atoms with Crippen molar-refractivity contribution in [3.05, 3.63) is 48.6 Å². The molecule has 0 radical (unpaired) electrons. The lowest BCUT2D eigenvalue weighted by Crippen LogP contribution is -2.73. The number of aliphatic hydroxyl groups is 2. The fourth-order valence-electron chi connectivity index (χ4n) is 5.30. The van der Waals surface area contributed by atoms with Crippen LogP contribution in [-0.4, -0.2) is 57.4 Å². The summed E-state index contributed by atoms with van der Waals surface area (Å²) >= 11 is 0. The number of aliphatic hydroxyl groups excluding tert-OH is 2. The van der Waals surface area contributed by atoms with E-state index < -0.39 is 47.2 Å². The van der Waals surface area contributed by atoms with Crippen molar-refractivity contribution in [1.82, 2.24) is 0 Å². The number of epoxide rings is 2. The lowest BCUT2D eigenvalue weighted by molar-refractivity contribution is -0.191. The van der Waals surface area contributed by atoms with Gasteiger partial charge in [0, 0.05) is 0 Å². The first-order valence-electron chi connectivity index (χ1n) is 8.89. The van der Waals surface area contributed by atoms with Gasteiger partial charge in [-0.25, -0.2) is 0 Å². The molecule has 1 spiro atoms.